The second-order valence-corrected chi connectivity index (χ2v) is 11.9. The van der Waals surface area contributed by atoms with Crippen LogP contribution in [0.3, 0.4) is 0 Å². The minimum absolute atomic E-state index is 0.0107. The van der Waals surface area contributed by atoms with Gasteiger partial charge in [0.05, 0.1) is 23.7 Å². The van der Waals surface area contributed by atoms with E-state index >= 15 is 0 Å². The number of esters is 1. The van der Waals surface area contributed by atoms with Gasteiger partial charge in [-0.3, -0.25) is 4.18 Å². The van der Waals surface area contributed by atoms with Crippen molar-refractivity contribution in [2.24, 2.45) is 0 Å². The number of ether oxygens (including phenoxy) is 3. The van der Waals surface area contributed by atoms with Crippen LogP contribution in [0.1, 0.15) is 78.6 Å². The van der Waals surface area contributed by atoms with E-state index in [0.717, 1.165) is 43.2 Å². The maximum absolute atomic E-state index is 12.9. The number of carbonyl (C=O) groups excluding carboxylic acids is 1. The fourth-order valence-corrected chi connectivity index (χ4v) is 6.64. The van der Waals surface area contributed by atoms with Crippen molar-refractivity contribution < 1.29 is 31.6 Å². The molecule has 2 atom stereocenters. The molecule has 7 nitrogen and oxygen atoms in total. The molecule has 4 rings (SSSR count). The van der Waals surface area contributed by atoms with E-state index in [1.165, 1.54) is 0 Å². The lowest BCUT2D eigenvalue weighted by Crippen LogP contribution is -2.39. The summed E-state index contributed by atoms with van der Waals surface area (Å²) in [5, 5.41) is 0. The standard InChI is InChI=1S/C28H36O7S/c1-18-15-19(2)26(20(3)16-18)36(30,31)32-17-23-13-8-12-22(33-23)11-6-9-21-10-7-14-24-25(21)27(29)35-28(4,5)34-24/h7,10,14-16,22-23H,6,8-9,11-13,17H2,1-5H3/t22-,23-/m0/s1. The highest BCUT2D eigenvalue weighted by Gasteiger charge is 2.35. The molecular formula is C28H36O7S. The number of aryl methyl sites for hydroxylation is 4. The van der Waals surface area contributed by atoms with Crippen molar-refractivity contribution in [3.8, 4) is 5.75 Å². The Hall–Kier alpha value is -2.42. The average Bonchev–Trinajstić information content (AvgIpc) is 2.76. The number of cyclic esters (lactones) is 1. The highest BCUT2D eigenvalue weighted by molar-refractivity contribution is 7.86. The van der Waals surface area contributed by atoms with Crippen molar-refractivity contribution in [2.75, 3.05) is 6.61 Å². The molecule has 36 heavy (non-hydrogen) atoms. The maximum atomic E-state index is 12.9. The van der Waals surface area contributed by atoms with Gasteiger partial charge in [-0.25, -0.2) is 4.79 Å². The molecule has 0 N–H and O–H groups in total. The van der Waals surface area contributed by atoms with Crippen LogP contribution in [0.25, 0.3) is 0 Å². The first-order chi connectivity index (χ1) is 16.9. The SMILES string of the molecule is Cc1cc(C)c(S(=O)(=O)OC[C@@H]2CCC[C@H](CCCc3cccc4c3C(=O)OC(C)(C)O4)O2)c(C)c1. The van der Waals surface area contributed by atoms with E-state index in [2.05, 4.69) is 0 Å². The second-order valence-electron chi connectivity index (χ2n) is 10.4. The zero-order valence-corrected chi connectivity index (χ0v) is 22.6. The molecule has 1 saturated heterocycles. The van der Waals surface area contributed by atoms with Crippen LogP contribution in [0.5, 0.6) is 5.75 Å². The second kappa shape index (κ2) is 10.5. The Balaban J connectivity index is 1.31. The topological polar surface area (TPSA) is 88.1 Å². The summed E-state index contributed by atoms with van der Waals surface area (Å²) in [4.78, 5) is 12.8. The molecule has 1 fully saturated rings. The van der Waals surface area contributed by atoms with E-state index in [4.69, 9.17) is 18.4 Å². The first kappa shape index (κ1) is 26.6. The molecule has 2 heterocycles. The molecule has 2 aromatic carbocycles. The molecule has 0 bridgehead atoms. The summed E-state index contributed by atoms with van der Waals surface area (Å²) in [6.07, 6.45) is 4.74. The Morgan fingerprint density at radius 1 is 1.03 bits per heavy atom. The van der Waals surface area contributed by atoms with Crippen LogP contribution in [-0.2, 0) is 30.2 Å². The monoisotopic (exact) mass is 516 g/mol. The van der Waals surface area contributed by atoms with Crippen molar-refractivity contribution in [1.29, 1.82) is 0 Å². The van der Waals surface area contributed by atoms with Crippen LogP contribution in [0.15, 0.2) is 35.2 Å². The van der Waals surface area contributed by atoms with Gasteiger partial charge in [0.1, 0.15) is 11.3 Å². The molecule has 2 aromatic rings. The smallest absolute Gasteiger partial charge is 0.345 e. The Morgan fingerprint density at radius 3 is 2.44 bits per heavy atom. The van der Waals surface area contributed by atoms with Gasteiger partial charge in [0, 0.05) is 13.8 Å². The van der Waals surface area contributed by atoms with Crippen LogP contribution >= 0.6 is 0 Å². The summed E-state index contributed by atoms with van der Waals surface area (Å²) in [5.74, 6) is -0.775. The van der Waals surface area contributed by atoms with Crippen LogP contribution < -0.4 is 4.74 Å². The number of hydrogen-bond donors (Lipinski definition) is 0. The minimum Gasteiger partial charge on any atom is -0.452 e. The Morgan fingerprint density at radius 2 is 1.72 bits per heavy atom. The Labute approximate surface area is 214 Å². The molecule has 0 aromatic heterocycles. The van der Waals surface area contributed by atoms with Crippen LogP contribution in [0.4, 0.5) is 0 Å². The molecule has 196 valence electrons. The fourth-order valence-electron chi connectivity index (χ4n) is 5.28. The zero-order valence-electron chi connectivity index (χ0n) is 21.8. The highest BCUT2D eigenvalue weighted by atomic mass is 32.2. The van der Waals surface area contributed by atoms with E-state index in [0.29, 0.717) is 28.9 Å². The molecular weight excluding hydrogens is 480 g/mol. The molecule has 2 aliphatic rings. The first-order valence-corrected chi connectivity index (χ1v) is 14.0. The average molecular weight is 517 g/mol. The van der Waals surface area contributed by atoms with Gasteiger partial charge in [0.2, 0.25) is 5.79 Å². The van der Waals surface area contributed by atoms with Gasteiger partial charge in [-0.1, -0.05) is 29.8 Å². The lowest BCUT2D eigenvalue weighted by atomic mass is 9.96. The maximum Gasteiger partial charge on any atom is 0.345 e. The molecule has 0 unspecified atom stereocenters. The molecule has 0 aliphatic carbocycles. The summed E-state index contributed by atoms with van der Waals surface area (Å²) < 4.78 is 48.7. The summed E-state index contributed by atoms with van der Waals surface area (Å²) in [6, 6.07) is 9.33. The van der Waals surface area contributed by atoms with Gasteiger partial charge in [-0.05, 0) is 82.1 Å². The molecule has 2 aliphatic heterocycles. The number of rotatable bonds is 8. The van der Waals surface area contributed by atoms with E-state index in [-0.39, 0.29) is 29.7 Å². The molecule has 0 amide bonds. The third kappa shape index (κ3) is 6.10. The van der Waals surface area contributed by atoms with Gasteiger partial charge >= 0.3 is 5.97 Å². The first-order valence-electron chi connectivity index (χ1n) is 12.6. The quantitative estimate of drug-likeness (QED) is 0.335. The normalized spacial score (nSPS) is 21.4. The molecule has 8 heteroatoms. The predicted molar refractivity (Wildman–Crippen MR) is 136 cm³/mol. The summed E-state index contributed by atoms with van der Waals surface area (Å²) in [5.41, 5.74) is 3.80. The Bertz CT molecular complexity index is 1210. The Kier molecular flexibility index (Phi) is 7.78. The van der Waals surface area contributed by atoms with Gasteiger partial charge in [0.15, 0.2) is 0 Å². The van der Waals surface area contributed by atoms with E-state index in [9.17, 15) is 13.2 Å². The van der Waals surface area contributed by atoms with Gasteiger partial charge in [-0.2, -0.15) is 8.42 Å². The lowest BCUT2D eigenvalue weighted by Gasteiger charge is -2.32. The summed E-state index contributed by atoms with van der Waals surface area (Å²) in [6.45, 7) is 8.97. The number of hydrogen-bond acceptors (Lipinski definition) is 7. The third-order valence-corrected chi connectivity index (χ3v) is 8.27. The third-order valence-electron chi connectivity index (χ3n) is 6.68. The number of carbonyl (C=O) groups is 1. The van der Waals surface area contributed by atoms with Gasteiger partial charge in [0.25, 0.3) is 10.1 Å². The van der Waals surface area contributed by atoms with E-state index < -0.39 is 15.9 Å². The van der Waals surface area contributed by atoms with Crippen molar-refractivity contribution in [3.05, 3.63) is 58.1 Å². The van der Waals surface area contributed by atoms with Crippen LogP contribution in [0.2, 0.25) is 0 Å². The van der Waals surface area contributed by atoms with Crippen molar-refractivity contribution in [3.63, 3.8) is 0 Å². The van der Waals surface area contributed by atoms with Crippen LogP contribution in [0, 0.1) is 20.8 Å². The van der Waals surface area contributed by atoms with E-state index in [1.807, 2.05) is 31.2 Å². The van der Waals surface area contributed by atoms with Crippen molar-refractivity contribution >= 4 is 16.1 Å². The molecule has 0 spiro atoms. The van der Waals surface area contributed by atoms with Crippen LogP contribution in [-0.4, -0.2) is 39.0 Å². The lowest BCUT2D eigenvalue weighted by molar-refractivity contribution is -0.127. The van der Waals surface area contributed by atoms with Crippen molar-refractivity contribution in [1.82, 2.24) is 0 Å². The van der Waals surface area contributed by atoms with Crippen molar-refractivity contribution in [2.45, 2.75) is 96.0 Å². The predicted octanol–water partition coefficient (Wildman–Crippen LogP) is 5.56. The molecule has 0 radical (unpaired) electrons. The van der Waals surface area contributed by atoms with Gasteiger partial charge in [-0.15, -0.1) is 0 Å². The number of benzene rings is 2. The highest BCUT2D eigenvalue weighted by Crippen LogP contribution is 2.34. The minimum atomic E-state index is -3.87. The van der Waals surface area contributed by atoms with E-state index in [1.54, 1.807) is 33.8 Å². The number of fused-ring (bicyclic) bond motifs is 1. The summed E-state index contributed by atoms with van der Waals surface area (Å²) in [7, 11) is -3.87. The molecule has 0 saturated carbocycles. The largest absolute Gasteiger partial charge is 0.452 e. The summed E-state index contributed by atoms with van der Waals surface area (Å²) >= 11 is 0. The zero-order chi connectivity index (χ0) is 26.1. The fraction of sp³-hybridized carbons (Fsp3) is 0.536. The van der Waals surface area contributed by atoms with Gasteiger partial charge < -0.3 is 14.2 Å².